The molecule has 0 saturated carbocycles. The van der Waals surface area contributed by atoms with Gasteiger partial charge in [-0.3, -0.25) is 14.4 Å². The molecule has 0 unspecified atom stereocenters. The number of aryl methyl sites for hydroxylation is 2. The second-order valence-electron chi connectivity index (χ2n) is 14.2. The van der Waals surface area contributed by atoms with Crippen LogP contribution in [0.5, 0.6) is 11.5 Å². The third-order valence-electron chi connectivity index (χ3n) is 9.14. The van der Waals surface area contributed by atoms with Crippen molar-refractivity contribution < 1.29 is 23.9 Å². The highest BCUT2D eigenvalue weighted by atomic mass is 79.9. The minimum absolute atomic E-state index is 0.0892. The van der Waals surface area contributed by atoms with E-state index in [1.54, 1.807) is 0 Å². The van der Waals surface area contributed by atoms with Crippen LogP contribution in [0.25, 0.3) is 0 Å². The van der Waals surface area contributed by atoms with Gasteiger partial charge in [-0.2, -0.15) is 0 Å². The fraction of sp³-hybridized carbons (Fsp3) is 0.486. The van der Waals surface area contributed by atoms with Crippen LogP contribution in [0.15, 0.2) is 57.3 Å². The van der Waals surface area contributed by atoms with Crippen LogP contribution in [0.1, 0.15) is 89.8 Å². The van der Waals surface area contributed by atoms with Crippen molar-refractivity contribution in [3.05, 3.63) is 74.0 Å². The molecule has 2 aliphatic carbocycles. The fourth-order valence-electron chi connectivity index (χ4n) is 7.07. The summed E-state index contributed by atoms with van der Waals surface area (Å²) in [6, 6.07) is 9.57. The molecule has 1 heterocycles. The van der Waals surface area contributed by atoms with Crippen molar-refractivity contribution in [2.24, 2.45) is 10.8 Å². The van der Waals surface area contributed by atoms with Gasteiger partial charge in [0.15, 0.2) is 29.7 Å². The highest BCUT2D eigenvalue weighted by molar-refractivity contribution is 9.10. The van der Waals surface area contributed by atoms with Crippen LogP contribution < -0.4 is 14.8 Å². The summed E-state index contributed by atoms with van der Waals surface area (Å²) in [6.07, 6.45) is 2.39. The molecule has 2 aromatic rings. The number of nitrogens with zero attached hydrogens (tertiary/aromatic N) is 1. The van der Waals surface area contributed by atoms with Gasteiger partial charge in [0.1, 0.15) is 0 Å². The van der Waals surface area contributed by atoms with Gasteiger partial charge < -0.3 is 19.7 Å². The maximum Gasteiger partial charge on any atom is 0.262 e. The van der Waals surface area contributed by atoms with Crippen LogP contribution in [-0.4, -0.2) is 42.1 Å². The summed E-state index contributed by atoms with van der Waals surface area (Å²) in [4.78, 5) is 43.1. The predicted molar refractivity (Wildman–Crippen MR) is 181 cm³/mol. The molecule has 2 aromatic carbocycles. The lowest BCUT2D eigenvalue weighted by molar-refractivity contribution is -0.120. The zero-order valence-electron chi connectivity index (χ0n) is 27.8. The van der Waals surface area contributed by atoms with Crippen LogP contribution in [-0.2, 0) is 14.4 Å². The summed E-state index contributed by atoms with van der Waals surface area (Å²) in [5, 5.41) is 2.90. The van der Waals surface area contributed by atoms with E-state index in [-0.39, 0.29) is 34.9 Å². The second kappa shape index (κ2) is 12.4. The number of allylic oxidation sites excluding steroid dienone is 4. The molecule has 7 nitrogen and oxygen atoms in total. The normalized spacial score (nSPS) is 19.4. The first-order valence-corrected chi connectivity index (χ1v) is 16.7. The molecule has 5 rings (SSSR count). The van der Waals surface area contributed by atoms with Crippen molar-refractivity contribution in [1.82, 2.24) is 4.90 Å². The lowest BCUT2D eigenvalue weighted by Gasteiger charge is -2.49. The van der Waals surface area contributed by atoms with E-state index in [4.69, 9.17) is 9.47 Å². The molecule has 3 aliphatic rings. The van der Waals surface area contributed by atoms with Gasteiger partial charge >= 0.3 is 0 Å². The molecule has 1 aliphatic heterocycles. The van der Waals surface area contributed by atoms with Crippen molar-refractivity contribution in [3.8, 4) is 11.5 Å². The third-order valence-corrected chi connectivity index (χ3v) is 9.73. The Kier molecular flexibility index (Phi) is 9.11. The van der Waals surface area contributed by atoms with Crippen molar-refractivity contribution in [1.29, 1.82) is 0 Å². The fourth-order valence-corrected chi connectivity index (χ4v) is 7.65. The zero-order chi connectivity index (χ0) is 32.8. The molecule has 0 saturated heterocycles. The van der Waals surface area contributed by atoms with E-state index < -0.39 is 5.92 Å². The second-order valence-corrected chi connectivity index (χ2v) is 15.0. The number of anilines is 1. The number of rotatable bonds is 8. The number of hydrogen-bond acceptors (Lipinski definition) is 6. The summed E-state index contributed by atoms with van der Waals surface area (Å²) >= 11 is 3.69. The first-order chi connectivity index (χ1) is 21.1. The molecule has 8 heteroatoms. The van der Waals surface area contributed by atoms with E-state index in [0.29, 0.717) is 47.7 Å². The number of hydrogen-bond donors (Lipinski definition) is 1. The third kappa shape index (κ3) is 6.62. The number of benzene rings is 2. The molecule has 0 bridgehead atoms. The van der Waals surface area contributed by atoms with E-state index in [1.165, 1.54) is 0 Å². The molecular weight excluding hydrogens is 632 g/mol. The smallest absolute Gasteiger partial charge is 0.262 e. The molecule has 0 spiro atoms. The molecular formula is C37H45BrN2O5. The lowest BCUT2D eigenvalue weighted by atomic mass is 9.63. The molecule has 1 N–H and O–H groups in total. The molecule has 240 valence electrons. The average Bonchev–Trinajstić information content (AvgIpc) is 2.92. The molecule has 0 atom stereocenters. The van der Waals surface area contributed by atoms with Gasteiger partial charge in [0.2, 0.25) is 0 Å². The highest BCUT2D eigenvalue weighted by Crippen LogP contribution is 2.55. The number of ether oxygens (including phenoxy) is 2. The van der Waals surface area contributed by atoms with E-state index in [1.807, 2.05) is 51.1 Å². The van der Waals surface area contributed by atoms with E-state index in [0.717, 1.165) is 52.1 Å². The molecule has 0 aromatic heterocycles. The number of amides is 1. The number of halogens is 1. The number of nitrogens with one attached hydrogen (secondary N) is 1. The molecule has 0 fully saturated rings. The number of carbonyl (C=O) groups is 3. The monoisotopic (exact) mass is 676 g/mol. The summed E-state index contributed by atoms with van der Waals surface area (Å²) < 4.78 is 12.7. The van der Waals surface area contributed by atoms with Crippen molar-refractivity contribution in [2.75, 3.05) is 25.1 Å². The van der Waals surface area contributed by atoms with E-state index in [2.05, 4.69) is 60.8 Å². The Hall–Kier alpha value is -3.39. The SMILES string of the molecule is CCOc1cc(C2C3=C(CC(C)(C)CC3=O)N(CC)C3=C2C(=O)CC(C)(C)C3)cc(Br)c1OCC(=O)Nc1ccc(C)c(C)c1. The van der Waals surface area contributed by atoms with E-state index >= 15 is 0 Å². The first kappa shape index (κ1) is 33.0. The van der Waals surface area contributed by atoms with Crippen LogP contribution in [0, 0.1) is 24.7 Å². The van der Waals surface area contributed by atoms with Crippen LogP contribution >= 0.6 is 15.9 Å². The van der Waals surface area contributed by atoms with Crippen LogP contribution in [0.2, 0.25) is 0 Å². The van der Waals surface area contributed by atoms with Gasteiger partial charge in [0.25, 0.3) is 5.91 Å². The summed E-state index contributed by atoms with van der Waals surface area (Å²) in [5.41, 5.74) is 6.91. The van der Waals surface area contributed by atoms with Crippen molar-refractivity contribution in [3.63, 3.8) is 0 Å². The Morgan fingerprint density at radius 2 is 1.49 bits per heavy atom. The lowest BCUT2D eigenvalue weighted by Crippen LogP contribution is -2.44. The number of Topliss-reactive ketones (excluding diaryl/α,β-unsaturated/α-hetero) is 2. The standard InChI is InChI=1S/C37H45BrN2O5/c1-9-40-26-16-36(5,6)18-28(41)33(26)32(34-27(40)17-37(7,8)19-29(34)42)23-14-25(38)35(30(15-23)44-10-2)45-20-31(43)39-24-12-11-21(3)22(4)13-24/h11-15,32H,9-10,16-20H2,1-8H3,(H,39,43). The predicted octanol–water partition coefficient (Wildman–Crippen LogP) is 8.19. The van der Waals surface area contributed by atoms with Crippen molar-refractivity contribution in [2.45, 2.75) is 87.0 Å². The summed E-state index contributed by atoms with van der Waals surface area (Å²) in [7, 11) is 0. The molecule has 0 radical (unpaired) electrons. The summed E-state index contributed by atoms with van der Waals surface area (Å²) in [6.45, 7) is 17.4. The Bertz CT molecular complexity index is 1580. The van der Waals surface area contributed by atoms with Gasteiger partial charge in [-0.05, 0) is 108 Å². The minimum Gasteiger partial charge on any atom is -0.490 e. The maximum atomic E-state index is 14.0. The Balaban J connectivity index is 1.55. The quantitative estimate of drug-likeness (QED) is 0.304. The number of carbonyl (C=O) groups excluding carboxylic acids is 3. The Morgan fingerprint density at radius 1 is 0.889 bits per heavy atom. The topological polar surface area (TPSA) is 84.9 Å². The largest absolute Gasteiger partial charge is 0.490 e. The molecule has 1 amide bonds. The maximum absolute atomic E-state index is 14.0. The number of ketones is 2. The van der Waals surface area contributed by atoms with Gasteiger partial charge in [-0.15, -0.1) is 0 Å². The van der Waals surface area contributed by atoms with Gasteiger partial charge in [0.05, 0.1) is 11.1 Å². The van der Waals surface area contributed by atoms with Crippen LogP contribution in [0.3, 0.4) is 0 Å². The Morgan fingerprint density at radius 3 is 2.02 bits per heavy atom. The molecule has 45 heavy (non-hydrogen) atoms. The highest BCUT2D eigenvalue weighted by Gasteiger charge is 2.48. The average molecular weight is 678 g/mol. The summed E-state index contributed by atoms with van der Waals surface area (Å²) in [5.74, 6) is 0.243. The van der Waals surface area contributed by atoms with Crippen LogP contribution in [0.4, 0.5) is 5.69 Å². The van der Waals surface area contributed by atoms with E-state index in [9.17, 15) is 14.4 Å². The first-order valence-electron chi connectivity index (χ1n) is 15.9. The van der Waals surface area contributed by atoms with Gasteiger partial charge in [-0.25, -0.2) is 0 Å². The Labute approximate surface area is 275 Å². The van der Waals surface area contributed by atoms with Gasteiger partial charge in [0, 0.05) is 53.5 Å². The zero-order valence-corrected chi connectivity index (χ0v) is 29.4. The van der Waals surface area contributed by atoms with Crippen molar-refractivity contribution >= 4 is 39.1 Å². The van der Waals surface area contributed by atoms with Gasteiger partial charge in [-0.1, -0.05) is 33.8 Å². The minimum atomic E-state index is -0.498.